The van der Waals surface area contributed by atoms with E-state index < -0.39 is 47.9 Å². The van der Waals surface area contributed by atoms with Crippen LogP contribution >= 0.6 is 0 Å². The average Bonchev–Trinajstić information content (AvgIpc) is 3.72. The number of nitrogens with two attached hydrogens (primary N) is 1. The highest BCUT2D eigenvalue weighted by Crippen LogP contribution is 2.23. The smallest absolute Gasteiger partial charge is 0.326 e. The number of carbonyl (C=O) groups excluding carboxylic acids is 3. The first-order valence-electron chi connectivity index (χ1n) is 13.6. The number of nitrogens with one attached hydrogen (secondary N) is 4. The minimum atomic E-state index is -1.08. The van der Waals surface area contributed by atoms with Crippen molar-refractivity contribution in [3.63, 3.8) is 0 Å². The number of benzene rings is 1. The predicted octanol–water partition coefficient (Wildman–Crippen LogP) is 1.09. The van der Waals surface area contributed by atoms with E-state index in [9.17, 15) is 24.3 Å². The SMILES string of the molecule is CCC(C)C(N)C(=O)NC(Cc1cnc[nH]1)C(=O)NC(Cc1c[nH]c2ccccc12)C(=O)N1CCCC1C(=O)O. The molecule has 12 heteroatoms. The van der Waals surface area contributed by atoms with Gasteiger partial charge < -0.3 is 36.3 Å². The van der Waals surface area contributed by atoms with Crippen LogP contribution in [0.1, 0.15) is 44.4 Å². The Labute approximate surface area is 232 Å². The molecule has 3 heterocycles. The number of fused-ring (bicyclic) bond motifs is 1. The molecule has 2 aromatic heterocycles. The number of rotatable bonds is 12. The normalized spacial score (nSPS) is 18.2. The second-order valence-corrected chi connectivity index (χ2v) is 10.4. The number of likely N-dealkylation sites (tertiary alicyclic amines) is 1. The standard InChI is InChI=1S/C28H37N7O5/c1-3-16(2)24(29)26(37)33-21(12-18-14-30-15-32-18)25(36)34-22(27(38)35-10-6-9-23(35)28(39)40)11-17-13-31-20-8-5-4-7-19(17)20/h4-5,7-8,13-16,21-24,31H,3,6,9-12,29H2,1-2H3,(H,30,32)(H,33,37)(H,34,36)(H,39,40). The van der Waals surface area contributed by atoms with Crippen molar-refractivity contribution in [1.29, 1.82) is 0 Å². The zero-order chi connectivity index (χ0) is 28.8. The van der Waals surface area contributed by atoms with Gasteiger partial charge in [0.25, 0.3) is 0 Å². The Bertz CT molecular complexity index is 1340. The van der Waals surface area contributed by atoms with Gasteiger partial charge >= 0.3 is 5.97 Å². The molecule has 0 aliphatic carbocycles. The largest absolute Gasteiger partial charge is 0.480 e. The summed E-state index contributed by atoms with van der Waals surface area (Å²) < 4.78 is 0. The van der Waals surface area contributed by atoms with Crippen molar-refractivity contribution >= 4 is 34.6 Å². The molecule has 1 saturated heterocycles. The van der Waals surface area contributed by atoms with Crippen molar-refractivity contribution in [1.82, 2.24) is 30.5 Å². The molecule has 40 heavy (non-hydrogen) atoms. The molecule has 1 aromatic carbocycles. The van der Waals surface area contributed by atoms with Crippen LogP contribution in [-0.4, -0.2) is 79.4 Å². The maximum absolute atomic E-state index is 13.8. The van der Waals surface area contributed by atoms with Gasteiger partial charge in [0.15, 0.2) is 0 Å². The zero-order valence-corrected chi connectivity index (χ0v) is 22.7. The first-order chi connectivity index (χ1) is 19.2. The monoisotopic (exact) mass is 551 g/mol. The molecule has 1 fully saturated rings. The first-order valence-corrected chi connectivity index (χ1v) is 13.6. The summed E-state index contributed by atoms with van der Waals surface area (Å²) in [7, 11) is 0. The minimum absolute atomic E-state index is 0.0975. The molecule has 12 nitrogen and oxygen atoms in total. The lowest BCUT2D eigenvalue weighted by Gasteiger charge is -2.29. The average molecular weight is 552 g/mol. The Balaban J connectivity index is 1.61. The topological polar surface area (TPSA) is 186 Å². The van der Waals surface area contributed by atoms with Crippen molar-refractivity contribution in [3.8, 4) is 0 Å². The van der Waals surface area contributed by atoms with E-state index >= 15 is 0 Å². The highest BCUT2D eigenvalue weighted by molar-refractivity contribution is 5.95. The molecule has 7 N–H and O–H groups in total. The summed E-state index contributed by atoms with van der Waals surface area (Å²) >= 11 is 0. The Hall–Kier alpha value is -4.19. The van der Waals surface area contributed by atoms with Gasteiger partial charge in [-0.15, -0.1) is 0 Å². The van der Waals surface area contributed by atoms with E-state index in [1.165, 1.54) is 11.2 Å². The van der Waals surface area contributed by atoms with Crippen molar-refractivity contribution < 1.29 is 24.3 Å². The number of carboxylic acids is 1. The highest BCUT2D eigenvalue weighted by atomic mass is 16.4. The lowest BCUT2D eigenvalue weighted by Crippen LogP contribution is -2.58. The van der Waals surface area contributed by atoms with Gasteiger partial charge in [-0.1, -0.05) is 38.5 Å². The number of H-pyrrole nitrogens is 2. The van der Waals surface area contributed by atoms with Gasteiger partial charge in [0.1, 0.15) is 18.1 Å². The molecule has 3 aromatic rings. The van der Waals surface area contributed by atoms with E-state index in [-0.39, 0.29) is 25.3 Å². The maximum Gasteiger partial charge on any atom is 0.326 e. The predicted molar refractivity (Wildman–Crippen MR) is 148 cm³/mol. The molecular weight excluding hydrogens is 514 g/mol. The number of nitrogens with zero attached hydrogens (tertiary/aromatic N) is 2. The van der Waals surface area contributed by atoms with Crippen LogP contribution in [0.3, 0.4) is 0 Å². The summed E-state index contributed by atoms with van der Waals surface area (Å²) in [5.41, 5.74) is 8.42. The first kappa shape index (κ1) is 28.8. The van der Waals surface area contributed by atoms with Gasteiger partial charge in [-0.05, 0) is 30.4 Å². The van der Waals surface area contributed by atoms with Crippen molar-refractivity contribution in [2.45, 2.75) is 70.1 Å². The van der Waals surface area contributed by atoms with E-state index in [0.717, 1.165) is 16.5 Å². The van der Waals surface area contributed by atoms with Crippen molar-refractivity contribution in [3.05, 3.63) is 54.2 Å². The molecule has 214 valence electrons. The quantitative estimate of drug-likeness (QED) is 0.194. The Morgan fingerprint density at radius 2 is 1.88 bits per heavy atom. The lowest BCUT2D eigenvalue weighted by atomic mass is 9.98. The van der Waals surface area contributed by atoms with Crippen LogP contribution in [0.25, 0.3) is 10.9 Å². The number of para-hydroxylation sites is 1. The van der Waals surface area contributed by atoms with Crippen LogP contribution < -0.4 is 16.4 Å². The third kappa shape index (κ3) is 6.50. The van der Waals surface area contributed by atoms with E-state index in [1.54, 1.807) is 12.4 Å². The summed E-state index contributed by atoms with van der Waals surface area (Å²) in [6.45, 7) is 4.07. The molecular formula is C28H37N7O5. The Morgan fingerprint density at radius 3 is 2.58 bits per heavy atom. The Morgan fingerprint density at radius 1 is 1.12 bits per heavy atom. The summed E-state index contributed by atoms with van der Waals surface area (Å²) in [6, 6.07) is 3.72. The zero-order valence-electron chi connectivity index (χ0n) is 22.7. The number of aromatic amines is 2. The van der Waals surface area contributed by atoms with Gasteiger partial charge in [0.2, 0.25) is 17.7 Å². The van der Waals surface area contributed by atoms with Crippen LogP contribution in [0.2, 0.25) is 0 Å². The molecule has 3 amide bonds. The number of hydrogen-bond donors (Lipinski definition) is 6. The fraction of sp³-hybridized carbons (Fsp3) is 0.464. The molecule has 0 saturated carbocycles. The number of imidazole rings is 1. The number of aromatic nitrogens is 3. The Kier molecular flexibility index (Phi) is 9.20. The number of carbonyl (C=O) groups is 4. The number of amides is 3. The summed E-state index contributed by atoms with van der Waals surface area (Å²) in [5, 5.41) is 16.2. The third-order valence-corrected chi connectivity index (χ3v) is 7.71. The summed E-state index contributed by atoms with van der Waals surface area (Å²) in [5.74, 6) is -2.71. The fourth-order valence-electron chi connectivity index (χ4n) is 5.09. The second-order valence-electron chi connectivity index (χ2n) is 10.4. The van der Waals surface area contributed by atoms with Crippen molar-refractivity contribution in [2.75, 3.05) is 6.54 Å². The van der Waals surface area contributed by atoms with E-state index in [4.69, 9.17) is 5.73 Å². The second kappa shape index (κ2) is 12.8. The number of aliphatic carboxylic acids is 1. The summed E-state index contributed by atoms with van der Waals surface area (Å²) in [6.07, 6.45) is 6.63. The lowest BCUT2D eigenvalue weighted by molar-refractivity contribution is -0.149. The highest BCUT2D eigenvalue weighted by Gasteiger charge is 2.39. The minimum Gasteiger partial charge on any atom is -0.480 e. The van der Waals surface area contributed by atoms with E-state index in [1.807, 2.05) is 38.1 Å². The van der Waals surface area contributed by atoms with Crippen LogP contribution in [0, 0.1) is 5.92 Å². The third-order valence-electron chi connectivity index (χ3n) is 7.71. The van der Waals surface area contributed by atoms with Gasteiger partial charge in [-0.3, -0.25) is 14.4 Å². The van der Waals surface area contributed by atoms with Crippen LogP contribution in [0.15, 0.2) is 43.0 Å². The molecule has 0 bridgehead atoms. The molecule has 5 atom stereocenters. The van der Waals surface area contributed by atoms with Crippen LogP contribution in [0.5, 0.6) is 0 Å². The van der Waals surface area contributed by atoms with E-state index in [2.05, 4.69) is 25.6 Å². The fourth-order valence-corrected chi connectivity index (χ4v) is 5.09. The molecule has 1 aliphatic rings. The molecule has 5 unspecified atom stereocenters. The number of hydrogen-bond acceptors (Lipinski definition) is 6. The van der Waals surface area contributed by atoms with Gasteiger partial charge in [-0.25, -0.2) is 9.78 Å². The van der Waals surface area contributed by atoms with Gasteiger partial charge in [0, 0.05) is 48.4 Å². The summed E-state index contributed by atoms with van der Waals surface area (Å²) in [4.78, 5) is 63.7. The molecule has 0 spiro atoms. The molecule has 0 radical (unpaired) electrons. The van der Waals surface area contributed by atoms with Crippen LogP contribution in [0.4, 0.5) is 0 Å². The maximum atomic E-state index is 13.8. The molecule has 4 rings (SSSR count). The number of carboxylic acid groups (broad SMARTS) is 1. The van der Waals surface area contributed by atoms with E-state index in [0.29, 0.717) is 25.0 Å². The van der Waals surface area contributed by atoms with Gasteiger partial charge in [0.05, 0.1) is 12.4 Å². The van der Waals surface area contributed by atoms with Gasteiger partial charge in [-0.2, -0.15) is 0 Å². The van der Waals surface area contributed by atoms with Crippen molar-refractivity contribution in [2.24, 2.45) is 11.7 Å². The molecule has 1 aliphatic heterocycles. The van der Waals surface area contributed by atoms with Crippen LogP contribution in [-0.2, 0) is 32.0 Å².